The van der Waals surface area contributed by atoms with Gasteiger partial charge in [-0.3, -0.25) is 4.90 Å². The van der Waals surface area contributed by atoms with E-state index in [9.17, 15) is 5.11 Å². The molecule has 2 unspecified atom stereocenters. The molecule has 0 radical (unpaired) electrons. The molecular formula is C21H25N3O2S. The van der Waals surface area contributed by atoms with Crippen LogP contribution < -0.4 is 10.1 Å². The third-order valence-electron chi connectivity index (χ3n) is 4.81. The number of rotatable bonds is 8. The van der Waals surface area contributed by atoms with Crippen LogP contribution in [-0.2, 0) is 6.54 Å². The molecule has 1 aliphatic heterocycles. The molecule has 0 spiro atoms. The van der Waals surface area contributed by atoms with Crippen LogP contribution in [0.25, 0.3) is 10.2 Å². The molecule has 0 saturated carbocycles. The molecule has 2 heterocycles. The summed E-state index contributed by atoms with van der Waals surface area (Å²) in [6, 6.07) is 18.3. The van der Waals surface area contributed by atoms with E-state index in [1.165, 1.54) is 4.70 Å². The van der Waals surface area contributed by atoms with Gasteiger partial charge in [-0.25, -0.2) is 4.98 Å². The average Bonchev–Trinajstić information content (AvgIpc) is 3.31. The molecule has 1 fully saturated rings. The van der Waals surface area contributed by atoms with E-state index in [0.717, 1.165) is 42.3 Å². The second kappa shape index (κ2) is 8.80. The maximum Gasteiger partial charge on any atom is 0.119 e. The normalized spacial score (nSPS) is 18.8. The van der Waals surface area contributed by atoms with Gasteiger partial charge in [-0.05, 0) is 37.2 Å². The molecule has 0 amide bonds. The maximum atomic E-state index is 10.3. The highest BCUT2D eigenvalue weighted by atomic mass is 32.1. The van der Waals surface area contributed by atoms with Crippen LogP contribution >= 0.6 is 11.3 Å². The number of aliphatic hydroxyl groups excluding tert-OH is 1. The summed E-state index contributed by atoms with van der Waals surface area (Å²) in [5, 5.41) is 15.0. The molecule has 6 heteroatoms. The van der Waals surface area contributed by atoms with Crippen LogP contribution in [0.15, 0.2) is 54.6 Å². The molecule has 2 atom stereocenters. The van der Waals surface area contributed by atoms with Gasteiger partial charge in [-0.2, -0.15) is 0 Å². The number of para-hydroxylation sites is 2. The van der Waals surface area contributed by atoms with Gasteiger partial charge in [-0.1, -0.05) is 30.3 Å². The first-order valence-electron chi connectivity index (χ1n) is 9.42. The Morgan fingerprint density at radius 1 is 1.19 bits per heavy atom. The Hall–Kier alpha value is -1.99. The zero-order valence-electron chi connectivity index (χ0n) is 15.3. The predicted molar refractivity (Wildman–Crippen MR) is 109 cm³/mol. The minimum absolute atomic E-state index is 0.324. The molecule has 3 aromatic rings. The van der Waals surface area contributed by atoms with Crippen molar-refractivity contribution >= 4 is 21.6 Å². The van der Waals surface area contributed by atoms with Crippen LogP contribution in [0.1, 0.15) is 11.4 Å². The first-order chi connectivity index (χ1) is 13.3. The van der Waals surface area contributed by atoms with Crippen molar-refractivity contribution in [2.45, 2.75) is 25.1 Å². The minimum Gasteiger partial charge on any atom is -0.491 e. The monoisotopic (exact) mass is 383 g/mol. The number of aliphatic hydroxyl groups is 1. The number of β-amino-alcohol motifs (C(OH)–C–C–N with tert-alkyl or cyclic N) is 1. The first kappa shape index (κ1) is 18.4. The Kier molecular flexibility index (Phi) is 5.99. The molecule has 27 heavy (non-hydrogen) atoms. The fourth-order valence-corrected chi connectivity index (χ4v) is 4.37. The average molecular weight is 384 g/mol. The summed E-state index contributed by atoms with van der Waals surface area (Å²) in [6.07, 6.45) is 0.616. The van der Waals surface area contributed by atoms with Gasteiger partial charge in [0.25, 0.3) is 0 Å². The van der Waals surface area contributed by atoms with Gasteiger partial charge < -0.3 is 15.2 Å². The van der Waals surface area contributed by atoms with Crippen molar-refractivity contribution in [3.63, 3.8) is 0 Å². The smallest absolute Gasteiger partial charge is 0.119 e. The summed E-state index contributed by atoms with van der Waals surface area (Å²) in [6.45, 7) is 3.72. The predicted octanol–water partition coefficient (Wildman–Crippen LogP) is 2.90. The molecule has 1 saturated heterocycles. The van der Waals surface area contributed by atoms with E-state index in [1.807, 2.05) is 36.4 Å². The van der Waals surface area contributed by atoms with Crippen molar-refractivity contribution in [2.75, 3.05) is 26.2 Å². The van der Waals surface area contributed by atoms with Crippen molar-refractivity contribution in [1.82, 2.24) is 15.2 Å². The lowest BCUT2D eigenvalue weighted by atomic mass is 10.2. The van der Waals surface area contributed by atoms with Crippen LogP contribution in [0, 0.1) is 0 Å². The number of thiazole rings is 1. The zero-order valence-corrected chi connectivity index (χ0v) is 16.1. The van der Waals surface area contributed by atoms with Crippen molar-refractivity contribution in [3.05, 3.63) is 59.6 Å². The van der Waals surface area contributed by atoms with Gasteiger partial charge in [0.2, 0.25) is 0 Å². The Labute approximate surface area is 163 Å². The number of nitrogens with one attached hydrogen (secondary N) is 1. The van der Waals surface area contributed by atoms with Gasteiger partial charge in [-0.15, -0.1) is 11.3 Å². The van der Waals surface area contributed by atoms with Gasteiger partial charge in [0.05, 0.1) is 10.2 Å². The fraction of sp³-hybridized carbons (Fsp3) is 0.381. The van der Waals surface area contributed by atoms with Crippen LogP contribution in [0.4, 0.5) is 0 Å². The maximum absolute atomic E-state index is 10.3. The molecule has 142 valence electrons. The Morgan fingerprint density at radius 3 is 2.85 bits per heavy atom. The molecule has 4 rings (SSSR count). The van der Waals surface area contributed by atoms with E-state index in [4.69, 9.17) is 4.74 Å². The van der Waals surface area contributed by atoms with Crippen LogP contribution in [0.5, 0.6) is 5.75 Å². The second-order valence-electron chi connectivity index (χ2n) is 6.98. The summed E-state index contributed by atoms with van der Waals surface area (Å²) in [5.74, 6) is 0.799. The van der Waals surface area contributed by atoms with E-state index in [-0.39, 0.29) is 0 Å². The van der Waals surface area contributed by atoms with Gasteiger partial charge in [0, 0.05) is 25.7 Å². The number of fused-ring (bicyclic) bond motifs is 1. The molecular weight excluding hydrogens is 358 g/mol. The number of likely N-dealkylation sites (tertiary alicyclic amines) is 1. The van der Waals surface area contributed by atoms with Crippen molar-refractivity contribution in [2.24, 2.45) is 0 Å². The number of aromatic nitrogens is 1. The van der Waals surface area contributed by atoms with Crippen molar-refractivity contribution in [1.29, 1.82) is 0 Å². The summed E-state index contributed by atoms with van der Waals surface area (Å²) < 4.78 is 6.88. The third-order valence-corrected chi connectivity index (χ3v) is 5.84. The van der Waals surface area contributed by atoms with Crippen LogP contribution in [0.2, 0.25) is 0 Å². The molecule has 1 aliphatic rings. The van der Waals surface area contributed by atoms with E-state index >= 15 is 0 Å². The molecule has 5 nitrogen and oxygen atoms in total. The number of benzene rings is 2. The summed E-state index contributed by atoms with van der Waals surface area (Å²) in [5.41, 5.74) is 1.08. The molecule has 0 aliphatic carbocycles. The van der Waals surface area contributed by atoms with E-state index in [2.05, 4.69) is 33.4 Å². The Bertz CT molecular complexity index is 822. The molecule has 1 aromatic heterocycles. The Balaban J connectivity index is 1.19. The summed E-state index contributed by atoms with van der Waals surface area (Å²) in [7, 11) is 0. The second-order valence-corrected chi connectivity index (χ2v) is 8.09. The van der Waals surface area contributed by atoms with E-state index < -0.39 is 6.10 Å². The van der Waals surface area contributed by atoms with Gasteiger partial charge in [0.1, 0.15) is 23.5 Å². The van der Waals surface area contributed by atoms with Gasteiger partial charge in [0.15, 0.2) is 0 Å². The summed E-state index contributed by atoms with van der Waals surface area (Å²) in [4.78, 5) is 6.98. The third kappa shape index (κ3) is 5.05. The Morgan fingerprint density at radius 2 is 2.00 bits per heavy atom. The van der Waals surface area contributed by atoms with Gasteiger partial charge >= 0.3 is 0 Å². The van der Waals surface area contributed by atoms with Crippen LogP contribution in [0.3, 0.4) is 0 Å². The topological polar surface area (TPSA) is 57.6 Å². The molecule has 2 aromatic carbocycles. The lowest BCUT2D eigenvalue weighted by Crippen LogP contribution is -2.37. The number of ether oxygens (including phenoxy) is 1. The number of hydrogen-bond donors (Lipinski definition) is 2. The zero-order chi connectivity index (χ0) is 18.5. The summed E-state index contributed by atoms with van der Waals surface area (Å²) >= 11 is 1.75. The van der Waals surface area contributed by atoms with E-state index in [1.54, 1.807) is 11.3 Å². The fourth-order valence-electron chi connectivity index (χ4n) is 3.45. The first-order valence-corrected chi connectivity index (χ1v) is 10.2. The lowest BCUT2D eigenvalue weighted by molar-refractivity contribution is 0.0751. The van der Waals surface area contributed by atoms with Crippen molar-refractivity contribution in [3.8, 4) is 5.75 Å². The number of nitrogens with zero attached hydrogens (tertiary/aromatic N) is 2. The highest BCUT2D eigenvalue weighted by Crippen LogP contribution is 2.21. The highest BCUT2D eigenvalue weighted by Gasteiger charge is 2.24. The quantitative estimate of drug-likeness (QED) is 0.626. The van der Waals surface area contributed by atoms with Crippen LogP contribution in [-0.4, -0.2) is 53.4 Å². The molecule has 2 N–H and O–H groups in total. The lowest BCUT2D eigenvalue weighted by Gasteiger charge is -2.20. The standard InChI is InChI=1S/C21H25N3O2S/c25-17(15-26-18-6-2-1-3-7-18)14-24-11-10-16(13-24)22-12-21-23-19-8-4-5-9-20(19)27-21/h1-9,16-17,22,25H,10-15H2. The SMILES string of the molecule is OC(COc1ccccc1)CN1CCC(NCc2nc3ccccc3s2)C1. The van der Waals surface area contributed by atoms with E-state index in [0.29, 0.717) is 19.2 Å². The minimum atomic E-state index is -0.479. The number of hydrogen-bond acceptors (Lipinski definition) is 6. The largest absolute Gasteiger partial charge is 0.491 e. The molecule has 0 bridgehead atoms. The highest BCUT2D eigenvalue weighted by molar-refractivity contribution is 7.18. The van der Waals surface area contributed by atoms with Crippen molar-refractivity contribution < 1.29 is 9.84 Å².